The van der Waals surface area contributed by atoms with Crippen LogP contribution in [0.25, 0.3) is 0 Å². The van der Waals surface area contributed by atoms with Crippen LogP contribution in [0.3, 0.4) is 0 Å². The molecular formula is C40H75NO5. The predicted octanol–water partition coefficient (Wildman–Crippen LogP) is 9.40. The normalized spacial score (nSPS) is 14.8. The Morgan fingerprint density at radius 2 is 0.957 bits per heavy atom. The monoisotopic (exact) mass is 650 g/mol. The minimum atomic E-state index is -1.28. The average molecular weight is 650 g/mol. The number of nitrogens with one attached hydrogen (secondary N) is 1. The number of aliphatic hydroxyl groups is 4. The van der Waals surface area contributed by atoms with Gasteiger partial charge in [-0.05, 0) is 64.2 Å². The van der Waals surface area contributed by atoms with E-state index in [1.807, 2.05) is 0 Å². The van der Waals surface area contributed by atoms with Crippen LogP contribution in [0, 0.1) is 0 Å². The van der Waals surface area contributed by atoms with Gasteiger partial charge in [-0.3, -0.25) is 4.79 Å². The average Bonchev–Trinajstić information content (AvgIpc) is 3.06. The molecule has 6 nitrogen and oxygen atoms in total. The molecular weight excluding hydrogens is 574 g/mol. The highest BCUT2D eigenvalue weighted by Crippen LogP contribution is 2.14. The molecule has 0 saturated carbocycles. The van der Waals surface area contributed by atoms with Gasteiger partial charge >= 0.3 is 0 Å². The van der Waals surface area contributed by atoms with E-state index in [0.717, 1.165) is 44.9 Å². The van der Waals surface area contributed by atoms with Crippen LogP contribution in [0.15, 0.2) is 36.5 Å². The lowest BCUT2D eigenvalue weighted by Crippen LogP contribution is -2.53. The summed E-state index contributed by atoms with van der Waals surface area (Å²) in [5.74, 6) is -0.601. The quantitative estimate of drug-likeness (QED) is 0.0271. The third kappa shape index (κ3) is 28.7. The zero-order valence-electron chi connectivity index (χ0n) is 30.1. The van der Waals surface area contributed by atoms with Crippen molar-refractivity contribution in [2.75, 3.05) is 6.61 Å². The van der Waals surface area contributed by atoms with Crippen LogP contribution in [0.5, 0.6) is 0 Å². The summed E-state index contributed by atoms with van der Waals surface area (Å²) in [4.78, 5) is 12.4. The zero-order chi connectivity index (χ0) is 33.9. The molecule has 0 aliphatic rings. The van der Waals surface area contributed by atoms with Crippen LogP contribution in [-0.4, -0.2) is 57.3 Å². The minimum absolute atomic E-state index is 0.356. The highest BCUT2D eigenvalue weighted by atomic mass is 16.3. The highest BCUT2D eigenvalue weighted by Gasteiger charge is 2.28. The van der Waals surface area contributed by atoms with Crippen molar-refractivity contribution in [3.63, 3.8) is 0 Å². The Balaban J connectivity index is 3.84. The van der Waals surface area contributed by atoms with E-state index in [4.69, 9.17) is 0 Å². The van der Waals surface area contributed by atoms with Gasteiger partial charge in [-0.1, -0.05) is 153 Å². The summed E-state index contributed by atoms with van der Waals surface area (Å²) in [6, 6.07) is -1.00. The summed E-state index contributed by atoms with van der Waals surface area (Å²) in [7, 11) is 0. The Bertz CT molecular complexity index is 737. The van der Waals surface area contributed by atoms with Gasteiger partial charge in [-0.2, -0.15) is 0 Å². The van der Waals surface area contributed by atoms with Gasteiger partial charge < -0.3 is 25.7 Å². The first kappa shape index (κ1) is 44.5. The van der Waals surface area contributed by atoms with Crippen LogP contribution in [0.1, 0.15) is 181 Å². The highest BCUT2D eigenvalue weighted by molar-refractivity contribution is 5.80. The maximum atomic E-state index is 12.4. The fourth-order valence-electron chi connectivity index (χ4n) is 5.69. The van der Waals surface area contributed by atoms with E-state index in [1.54, 1.807) is 0 Å². The molecule has 0 heterocycles. The number of allylic oxidation sites excluding steroid dienone is 6. The second-order valence-electron chi connectivity index (χ2n) is 13.3. The van der Waals surface area contributed by atoms with Crippen molar-refractivity contribution >= 4 is 5.91 Å². The fourth-order valence-corrected chi connectivity index (χ4v) is 5.69. The molecule has 46 heavy (non-hydrogen) atoms. The SMILES string of the molecule is CCCCC/C=C\C=C/CCCCCCCCCCCC(O)C(=O)NC(CO)C(O)C(O)CCC/C=C/CCCCCCCCC. The van der Waals surface area contributed by atoms with Gasteiger partial charge in [0, 0.05) is 0 Å². The molecule has 5 N–H and O–H groups in total. The molecule has 0 aliphatic carbocycles. The lowest BCUT2D eigenvalue weighted by Gasteiger charge is -2.27. The van der Waals surface area contributed by atoms with Crippen molar-refractivity contribution in [3.8, 4) is 0 Å². The fraction of sp³-hybridized carbons (Fsp3) is 0.825. The third-order valence-corrected chi connectivity index (χ3v) is 8.85. The number of rotatable bonds is 34. The maximum Gasteiger partial charge on any atom is 0.249 e. The van der Waals surface area contributed by atoms with E-state index in [1.165, 1.54) is 109 Å². The van der Waals surface area contributed by atoms with Gasteiger partial charge in [0.25, 0.3) is 0 Å². The lowest BCUT2D eigenvalue weighted by atomic mass is 10.00. The molecule has 6 heteroatoms. The standard InChI is InChI=1S/C40H75NO5/c1-3-5-7-9-11-13-15-17-18-19-20-21-22-24-26-28-30-32-34-38(44)40(46)41-36(35-42)39(45)37(43)33-31-29-27-25-23-16-14-12-10-8-6-4-2/h11,13,15,17,25,27,36-39,42-45H,3-10,12,14,16,18-24,26,28-35H2,1-2H3,(H,41,46)/b13-11-,17-15-,27-25+. The van der Waals surface area contributed by atoms with Crippen molar-refractivity contribution in [1.29, 1.82) is 0 Å². The van der Waals surface area contributed by atoms with Gasteiger partial charge in [0.15, 0.2) is 0 Å². The molecule has 4 atom stereocenters. The molecule has 270 valence electrons. The van der Waals surface area contributed by atoms with Gasteiger partial charge in [-0.25, -0.2) is 0 Å². The van der Waals surface area contributed by atoms with E-state index in [-0.39, 0.29) is 0 Å². The van der Waals surface area contributed by atoms with Crippen LogP contribution in [0.2, 0.25) is 0 Å². The Labute approximate surface area is 284 Å². The molecule has 0 spiro atoms. The molecule has 0 aromatic rings. The summed E-state index contributed by atoms with van der Waals surface area (Å²) in [6.07, 6.45) is 38.8. The predicted molar refractivity (Wildman–Crippen MR) is 196 cm³/mol. The molecule has 0 radical (unpaired) electrons. The van der Waals surface area contributed by atoms with Gasteiger partial charge in [0.2, 0.25) is 5.91 Å². The lowest BCUT2D eigenvalue weighted by molar-refractivity contribution is -0.132. The molecule has 0 aromatic carbocycles. The second kappa shape index (κ2) is 34.9. The van der Waals surface area contributed by atoms with E-state index >= 15 is 0 Å². The minimum Gasteiger partial charge on any atom is -0.394 e. The molecule has 0 saturated heterocycles. The Morgan fingerprint density at radius 1 is 0.543 bits per heavy atom. The number of hydrogen-bond donors (Lipinski definition) is 5. The van der Waals surface area contributed by atoms with E-state index < -0.39 is 36.9 Å². The van der Waals surface area contributed by atoms with E-state index in [0.29, 0.717) is 12.8 Å². The number of aliphatic hydroxyl groups excluding tert-OH is 4. The first-order chi connectivity index (χ1) is 22.5. The molecule has 4 unspecified atom stereocenters. The van der Waals surface area contributed by atoms with Crippen molar-refractivity contribution < 1.29 is 25.2 Å². The Kier molecular flexibility index (Phi) is 33.7. The number of carbonyl (C=O) groups excluding carboxylic acids is 1. The zero-order valence-corrected chi connectivity index (χ0v) is 30.1. The Morgan fingerprint density at radius 3 is 1.48 bits per heavy atom. The first-order valence-corrected chi connectivity index (χ1v) is 19.4. The third-order valence-electron chi connectivity index (χ3n) is 8.85. The van der Waals surface area contributed by atoms with E-state index in [9.17, 15) is 25.2 Å². The summed E-state index contributed by atoms with van der Waals surface area (Å²) < 4.78 is 0. The smallest absolute Gasteiger partial charge is 0.249 e. The number of hydrogen-bond acceptors (Lipinski definition) is 5. The number of unbranched alkanes of at least 4 members (excludes halogenated alkanes) is 20. The molecule has 0 fully saturated rings. The first-order valence-electron chi connectivity index (χ1n) is 19.4. The van der Waals surface area contributed by atoms with Crippen molar-refractivity contribution in [2.45, 2.75) is 205 Å². The maximum absolute atomic E-state index is 12.4. The second-order valence-corrected chi connectivity index (χ2v) is 13.3. The van der Waals surface area contributed by atoms with Gasteiger partial charge in [0.05, 0.1) is 18.8 Å². The summed E-state index contributed by atoms with van der Waals surface area (Å²) in [6.45, 7) is 3.97. The molecule has 0 rings (SSSR count). The van der Waals surface area contributed by atoms with Gasteiger partial charge in [-0.15, -0.1) is 0 Å². The largest absolute Gasteiger partial charge is 0.394 e. The van der Waals surface area contributed by atoms with Gasteiger partial charge in [0.1, 0.15) is 12.2 Å². The van der Waals surface area contributed by atoms with E-state index in [2.05, 4.69) is 55.6 Å². The number of amides is 1. The van der Waals surface area contributed by atoms with Crippen LogP contribution in [0.4, 0.5) is 0 Å². The molecule has 1 amide bonds. The van der Waals surface area contributed by atoms with Crippen molar-refractivity contribution in [2.24, 2.45) is 0 Å². The summed E-state index contributed by atoms with van der Waals surface area (Å²) in [5, 5.41) is 43.4. The van der Waals surface area contributed by atoms with Crippen LogP contribution in [-0.2, 0) is 4.79 Å². The molecule has 0 aromatic heterocycles. The number of carbonyl (C=O) groups is 1. The Hall–Kier alpha value is -1.47. The molecule has 0 bridgehead atoms. The van der Waals surface area contributed by atoms with Crippen molar-refractivity contribution in [1.82, 2.24) is 5.32 Å². The van der Waals surface area contributed by atoms with Crippen molar-refractivity contribution in [3.05, 3.63) is 36.5 Å². The topological polar surface area (TPSA) is 110 Å². The summed E-state index contributed by atoms with van der Waals surface area (Å²) in [5.41, 5.74) is 0. The summed E-state index contributed by atoms with van der Waals surface area (Å²) >= 11 is 0. The van der Waals surface area contributed by atoms with Crippen LogP contribution >= 0.6 is 0 Å². The van der Waals surface area contributed by atoms with Crippen LogP contribution < -0.4 is 5.32 Å². The molecule has 0 aliphatic heterocycles.